The number of carbonyl (C=O) groups is 4. The molecule has 172 valence electrons. The number of cyclic esters (lactones) is 1. The SMILES string of the molecule is CO[C@H]1CC(=O)C(C)(C)[C@@H]2CC[C@]3(C[C@@]4(C)C=C5C(=O)OC[C@]53C(C)=CC4=O)C(=O)[C@@]12C. The summed E-state index contributed by atoms with van der Waals surface area (Å²) in [5.74, 6) is -0.528. The van der Waals surface area contributed by atoms with E-state index in [4.69, 9.17) is 9.47 Å². The van der Waals surface area contributed by atoms with Crippen molar-refractivity contribution in [1.82, 2.24) is 0 Å². The maximum Gasteiger partial charge on any atom is 0.334 e. The number of hydrogen-bond donors (Lipinski definition) is 0. The van der Waals surface area contributed by atoms with Crippen LogP contribution < -0.4 is 0 Å². The smallest absolute Gasteiger partial charge is 0.334 e. The molecule has 5 aliphatic carbocycles. The van der Waals surface area contributed by atoms with Crippen LogP contribution in [-0.2, 0) is 28.7 Å². The normalized spacial score (nSPS) is 46.9. The Morgan fingerprint density at radius 1 is 1.09 bits per heavy atom. The first-order chi connectivity index (χ1) is 14.8. The van der Waals surface area contributed by atoms with Crippen molar-refractivity contribution < 1.29 is 28.7 Å². The summed E-state index contributed by atoms with van der Waals surface area (Å²) in [5, 5.41) is 0. The molecule has 0 aromatic heterocycles. The highest BCUT2D eigenvalue weighted by atomic mass is 16.5. The number of ketones is 3. The molecule has 3 fully saturated rings. The predicted octanol–water partition coefficient (Wildman–Crippen LogP) is 3.38. The van der Waals surface area contributed by atoms with Crippen LogP contribution in [-0.4, -0.2) is 43.1 Å². The Kier molecular flexibility index (Phi) is 4.13. The van der Waals surface area contributed by atoms with Gasteiger partial charge >= 0.3 is 5.97 Å². The number of fused-ring (bicyclic) bond motifs is 2. The third-order valence-corrected chi connectivity index (χ3v) is 10.1. The Labute approximate surface area is 188 Å². The standard InChI is InChI=1S/C26H32O6/c1-14-9-18(28)23(4)11-15-20(29)32-13-26(14,15)25(12-23)8-7-16-22(2,3)17(27)10-19(31-6)24(16,5)21(25)30/h9,11,16,19H,7-8,10,12-13H2,1-6H3/t16-,19-,23+,24+,25-,26-/m0/s1. The topological polar surface area (TPSA) is 86.7 Å². The summed E-state index contributed by atoms with van der Waals surface area (Å²) < 4.78 is 11.4. The Morgan fingerprint density at radius 2 is 1.78 bits per heavy atom. The van der Waals surface area contributed by atoms with Crippen LogP contribution in [0.1, 0.15) is 60.3 Å². The first-order valence-corrected chi connectivity index (χ1v) is 11.6. The lowest BCUT2D eigenvalue weighted by atomic mass is 9.38. The molecule has 1 heterocycles. The van der Waals surface area contributed by atoms with E-state index in [2.05, 4.69) is 0 Å². The van der Waals surface area contributed by atoms with Gasteiger partial charge in [0.1, 0.15) is 18.2 Å². The summed E-state index contributed by atoms with van der Waals surface area (Å²) in [7, 11) is 1.56. The molecule has 0 N–H and O–H groups in total. The number of hydrogen-bond acceptors (Lipinski definition) is 6. The minimum Gasteiger partial charge on any atom is -0.461 e. The average molecular weight is 441 g/mol. The molecular weight excluding hydrogens is 408 g/mol. The fraction of sp³-hybridized carbons (Fsp3) is 0.692. The third-order valence-electron chi connectivity index (χ3n) is 10.1. The van der Waals surface area contributed by atoms with E-state index in [0.29, 0.717) is 24.8 Å². The molecule has 2 spiro atoms. The molecule has 2 bridgehead atoms. The van der Waals surface area contributed by atoms with Gasteiger partial charge in [0.15, 0.2) is 5.78 Å². The lowest BCUT2D eigenvalue weighted by Gasteiger charge is -2.63. The van der Waals surface area contributed by atoms with Crippen molar-refractivity contribution in [2.75, 3.05) is 13.7 Å². The molecular formula is C26H32O6. The Bertz CT molecular complexity index is 1050. The monoisotopic (exact) mass is 440 g/mol. The van der Waals surface area contributed by atoms with Crippen LogP contribution in [0.25, 0.3) is 0 Å². The molecule has 1 aliphatic heterocycles. The number of rotatable bonds is 1. The molecule has 0 unspecified atom stereocenters. The van der Waals surface area contributed by atoms with Crippen LogP contribution in [0, 0.1) is 33.0 Å². The molecule has 6 aliphatic rings. The zero-order valence-electron chi connectivity index (χ0n) is 19.8. The van der Waals surface area contributed by atoms with Gasteiger partial charge in [-0.15, -0.1) is 0 Å². The number of carbonyl (C=O) groups excluding carboxylic acids is 4. The summed E-state index contributed by atoms with van der Waals surface area (Å²) >= 11 is 0. The second-order valence-electron chi connectivity index (χ2n) is 11.7. The number of esters is 1. The summed E-state index contributed by atoms with van der Waals surface area (Å²) in [6, 6.07) is 0. The highest BCUT2D eigenvalue weighted by molar-refractivity contribution is 6.08. The highest BCUT2D eigenvalue weighted by Crippen LogP contribution is 2.72. The molecule has 0 radical (unpaired) electrons. The summed E-state index contributed by atoms with van der Waals surface area (Å²) in [5.41, 5.74) is -3.19. The van der Waals surface area contributed by atoms with Crippen molar-refractivity contribution in [2.45, 2.75) is 66.4 Å². The van der Waals surface area contributed by atoms with Gasteiger partial charge in [0, 0.05) is 35.3 Å². The van der Waals surface area contributed by atoms with Gasteiger partial charge < -0.3 is 9.47 Å². The van der Waals surface area contributed by atoms with Crippen LogP contribution in [0.15, 0.2) is 23.3 Å². The van der Waals surface area contributed by atoms with Gasteiger partial charge in [-0.3, -0.25) is 14.4 Å². The van der Waals surface area contributed by atoms with E-state index < -0.39 is 39.1 Å². The molecule has 1 saturated heterocycles. The van der Waals surface area contributed by atoms with Gasteiger partial charge in [0.2, 0.25) is 0 Å². The quantitative estimate of drug-likeness (QED) is 0.581. The number of methoxy groups -OCH3 is 1. The van der Waals surface area contributed by atoms with Gasteiger partial charge in [-0.1, -0.05) is 25.5 Å². The fourth-order valence-electron chi connectivity index (χ4n) is 8.28. The Morgan fingerprint density at radius 3 is 2.44 bits per heavy atom. The van der Waals surface area contributed by atoms with E-state index in [1.165, 1.54) is 0 Å². The van der Waals surface area contributed by atoms with Crippen LogP contribution in [0.4, 0.5) is 0 Å². The second kappa shape index (κ2) is 6.07. The molecule has 6 nitrogen and oxygen atoms in total. The molecule has 0 aromatic rings. The molecule has 6 heteroatoms. The van der Waals surface area contributed by atoms with Crippen LogP contribution in [0.2, 0.25) is 0 Å². The maximum atomic E-state index is 14.9. The molecule has 6 atom stereocenters. The molecule has 0 amide bonds. The highest BCUT2D eigenvalue weighted by Gasteiger charge is 2.75. The van der Waals surface area contributed by atoms with Gasteiger partial charge in [-0.05, 0) is 52.0 Å². The van der Waals surface area contributed by atoms with Crippen molar-refractivity contribution in [3.63, 3.8) is 0 Å². The zero-order chi connectivity index (χ0) is 23.5. The van der Waals surface area contributed by atoms with Gasteiger partial charge in [0.25, 0.3) is 0 Å². The van der Waals surface area contributed by atoms with Crippen LogP contribution in [0.3, 0.4) is 0 Å². The van der Waals surface area contributed by atoms with E-state index in [1.54, 1.807) is 19.3 Å². The van der Waals surface area contributed by atoms with Gasteiger partial charge in [-0.2, -0.15) is 0 Å². The lowest BCUT2D eigenvalue weighted by molar-refractivity contribution is -0.192. The van der Waals surface area contributed by atoms with Crippen molar-refractivity contribution in [1.29, 1.82) is 0 Å². The fourth-order valence-corrected chi connectivity index (χ4v) is 8.28. The Hall–Kier alpha value is -2.08. The van der Waals surface area contributed by atoms with E-state index in [0.717, 1.165) is 5.57 Å². The summed E-state index contributed by atoms with van der Waals surface area (Å²) in [6.07, 6.45) is 4.57. The first-order valence-electron chi connectivity index (χ1n) is 11.6. The average Bonchev–Trinajstić information content (AvgIpc) is 3.00. The molecule has 6 rings (SSSR count). The van der Waals surface area contributed by atoms with Crippen molar-refractivity contribution >= 4 is 23.3 Å². The maximum absolute atomic E-state index is 14.9. The van der Waals surface area contributed by atoms with Crippen LogP contribution in [0.5, 0.6) is 0 Å². The lowest BCUT2D eigenvalue weighted by Crippen LogP contribution is -2.69. The van der Waals surface area contributed by atoms with Gasteiger partial charge in [0.05, 0.1) is 16.9 Å². The summed E-state index contributed by atoms with van der Waals surface area (Å²) in [4.78, 5) is 54.0. The number of Topliss-reactive ketones (excluding diaryl/α,β-unsaturated/α-hetero) is 2. The van der Waals surface area contributed by atoms with Crippen LogP contribution >= 0.6 is 0 Å². The molecule has 2 saturated carbocycles. The minimum atomic E-state index is -0.955. The van der Waals surface area contributed by atoms with Crippen molar-refractivity contribution in [2.24, 2.45) is 33.0 Å². The number of ether oxygens (including phenoxy) is 2. The minimum absolute atomic E-state index is 0.0197. The first kappa shape index (κ1) is 21.7. The molecule has 32 heavy (non-hydrogen) atoms. The van der Waals surface area contributed by atoms with Crippen molar-refractivity contribution in [3.05, 3.63) is 23.3 Å². The zero-order valence-corrected chi connectivity index (χ0v) is 19.8. The van der Waals surface area contributed by atoms with Gasteiger partial charge in [-0.25, -0.2) is 4.79 Å². The number of allylic oxidation sites excluding steroid dienone is 2. The predicted molar refractivity (Wildman–Crippen MR) is 115 cm³/mol. The second-order valence-corrected chi connectivity index (χ2v) is 11.7. The van der Waals surface area contributed by atoms with E-state index in [9.17, 15) is 19.2 Å². The van der Waals surface area contributed by atoms with E-state index in [-0.39, 0.29) is 36.3 Å². The van der Waals surface area contributed by atoms with Crippen molar-refractivity contribution in [3.8, 4) is 0 Å². The third kappa shape index (κ3) is 2.11. The summed E-state index contributed by atoms with van der Waals surface area (Å²) in [6.45, 7) is 9.60. The van der Waals surface area contributed by atoms with E-state index in [1.807, 2.05) is 34.6 Å². The van der Waals surface area contributed by atoms with E-state index >= 15 is 0 Å². The Balaban J connectivity index is 1.77. The molecule has 0 aromatic carbocycles. The largest absolute Gasteiger partial charge is 0.461 e.